The topological polar surface area (TPSA) is 102 Å². The van der Waals surface area contributed by atoms with Crippen molar-refractivity contribution in [1.82, 2.24) is 14.9 Å². The second kappa shape index (κ2) is 10.1. The fraction of sp³-hybridized carbons (Fsp3) is 0.522. The van der Waals surface area contributed by atoms with Crippen LogP contribution in [0.4, 0.5) is 29.5 Å². The molecule has 0 atom stereocenters. The Hall–Kier alpha value is -3.09. The van der Waals surface area contributed by atoms with Crippen LogP contribution in [0.25, 0.3) is 0 Å². The number of hydrogen-bond donors (Lipinski definition) is 0. The van der Waals surface area contributed by atoms with E-state index in [4.69, 9.17) is 4.74 Å². The van der Waals surface area contributed by atoms with E-state index >= 15 is 0 Å². The van der Waals surface area contributed by atoms with Crippen molar-refractivity contribution in [2.75, 3.05) is 31.1 Å². The zero-order valence-electron chi connectivity index (χ0n) is 19.9. The molecule has 1 amide bonds. The third-order valence-corrected chi connectivity index (χ3v) is 8.30. The number of carbonyl (C=O) groups excluding carboxylic acids is 1. The molecular weight excluding hydrogens is 501 g/mol. The van der Waals surface area contributed by atoms with Crippen molar-refractivity contribution in [2.24, 2.45) is 0 Å². The van der Waals surface area contributed by atoms with Crippen LogP contribution in [0, 0.1) is 0 Å². The maximum absolute atomic E-state index is 12.5. The van der Waals surface area contributed by atoms with Crippen molar-refractivity contribution in [2.45, 2.75) is 55.5 Å². The SMILES string of the molecule is CC(C)S(=O)(=O)c1ccc2c(c1)CCN2c1cc(OC2CCN(C(=O)OCC(F)(F)F)CC2)ncn1. The van der Waals surface area contributed by atoms with Gasteiger partial charge in [0.1, 0.15) is 18.2 Å². The average molecular weight is 529 g/mol. The third-order valence-electron chi connectivity index (χ3n) is 6.15. The Labute approximate surface area is 207 Å². The monoisotopic (exact) mass is 528 g/mol. The average Bonchev–Trinajstić information content (AvgIpc) is 3.26. The molecule has 13 heteroatoms. The molecule has 0 saturated carbocycles. The van der Waals surface area contributed by atoms with Gasteiger partial charge in [0.05, 0.1) is 10.1 Å². The first-order valence-corrected chi connectivity index (χ1v) is 13.1. The first kappa shape index (κ1) is 26.0. The van der Waals surface area contributed by atoms with Gasteiger partial charge in [-0.2, -0.15) is 13.2 Å². The third kappa shape index (κ3) is 5.82. The summed E-state index contributed by atoms with van der Waals surface area (Å²) in [5.41, 5.74) is 1.79. The molecule has 2 aliphatic rings. The number of carbonyl (C=O) groups is 1. The number of amides is 1. The van der Waals surface area contributed by atoms with Crippen LogP contribution < -0.4 is 9.64 Å². The molecule has 0 spiro atoms. The van der Waals surface area contributed by atoms with Gasteiger partial charge in [0.2, 0.25) is 5.88 Å². The highest BCUT2D eigenvalue weighted by Crippen LogP contribution is 2.36. The van der Waals surface area contributed by atoms with Crippen molar-refractivity contribution in [1.29, 1.82) is 0 Å². The second-order valence-corrected chi connectivity index (χ2v) is 11.5. The number of alkyl halides is 3. The van der Waals surface area contributed by atoms with Gasteiger partial charge in [0.15, 0.2) is 16.4 Å². The lowest BCUT2D eigenvalue weighted by molar-refractivity contribution is -0.162. The van der Waals surface area contributed by atoms with Crippen molar-refractivity contribution in [3.8, 4) is 5.88 Å². The standard InChI is InChI=1S/C23H27F3N4O5S/c1-15(2)36(32,33)18-3-4-19-16(11-18)5-10-30(19)20-12-21(28-14-27-20)35-17-6-8-29(9-7-17)22(31)34-13-23(24,25)26/h3-4,11-12,14-15,17H,5-10,13H2,1-2H3. The number of likely N-dealkylation sites (tertiary alicyclic amines) is 1. The molecule has 0 aliphatic carbocycles. The number of aromatic nitrogens is 2. The lowest BCUT2D eigenvalue weighted by atomic mass is 10.1. The number of rotatable bonds is 6. The largest absolute Gasteiger partial charge is 0.474 e. The summed E-state index contributed by atoms with van der Waals surface area (Å²) in [6.07, 6.45) is -2.95. The molecular formula is C23H27F3N4O5S. The highest BCUT2D eigenvalue weighted by Gasteiger charge is 2.32. The highest BCUT2D eigenvalue weighted by molar-refractivity contribution is 7.92. The smallest absolute Gasteiger partial charge is 0.422 e. The fourth-order valence-electron chi connectivity index (χ4n) is 4.17. The van der Waals surface area contributed by atoms with Crippen molar-refractivity contribution in [3.05, 3.63) is 36.2 Å². The molecule has 36 heavy (non-hydrogen) atoms. The van der Waals surface area contributed by atoms with Crippen LogP contribution in [-0.4, -0.2) is 73.2 Å². The molecule has 196 valence electrons. The Bertz CT molecular complexity index is 1210. The van der Waals surface area contributed by atoms with E-state index in [1.165, 1.54) is 11.2 Å². The van der Waals surface area contributed by atoms with E-state index in [2.05, 4.69) is 14.7 Å². The van der Waals surface area contributed by atoms with E-state index in [0.29, 0.717) is 42.4 Å². The quantitative estimate of drug-likeness (QED) is 0.557. The summed E-state index contributed by atoms with van der Waals surface area (Å²) >= 11 is 0. The van der Waals surface area contributed by atoms with Gasteiger partial charge in [-0.1, -0.05) is 0 Å². The number of halogens is 3. The summed E-state index contributed by atoms with van der Waals surface area (Å²) in [5.74, 6) is 0.942. The van der Waals surface area contributed by atoms with Crippen LogP contribution in [0.1, 0.15) is 32.3 Å². The normalized spacial score (nSPS) is 16.8. The number of piperidine rings is 1. The molecule has 0 unspecified atom stereocenters. The number of anilines is 2. The van der Waals surface area contributed by atoms with Crippen LogP contribution >= 0.6 is 0 Å². The maximum Gasteiger partial charge on any atom is 0.422 e. The highest BCUT2D eigenvalue weighted by atomic mass is 32.2. The predicted molar refractivity (Wildman–Crippen MR) is 124 cm³/mol. The Morgan fingerprint density at radius 2 is 1.86 bits per heavy atom. The maximum atomic E-state index is 12.5. The molecule has 0 radical (unpaired) electrons. The molecule has 1 saturated heterocycles. The number of hydrogen-bond acceptors (Lipinski definition) is 8. The van der Waals surface area contributed by atoms with Gasteiger partial charge in [-0.15, -0.1) is 0 Å². The minimum Gasteiger partial charge on any atom is -0.474 e. The molecule has 0 bridgehead atoms. The predicted octanol–water partition coefficient (Wildman–Crippen LogP) is 3.90. The molecule has 0 N–H and O–H groups in total. The summed E-state index contributed by atoms with van der Waals surface area (Å²) in [6.45, 7) is 2.73. The van der Waals surface area contributed by atoms with Gasteiger partial charge in [0.25, 0.3) is 0 Å². The Kier molecular flexibility index (Phi) is 7.30. The van der Waals surface area contributed by atoms with E-state index in [9.17, 15) is 26.4 Å². The van der Waals surface area contributed by atoms with Crippen molar-refractivity contribution >= 4 is 27.4 Å². The lowest BCUT2D eigenvalue weighted by Gasteiger charge is -2.31. The van der Waals surface area contributed by atoms with Crippen LogP contribution in [0.2, 0.25) is 0 Å². The van der Waals surface area contributed by atoms with Crippen LogP contribution in [-0.2, 0) is 21.0 Å². The molecule has 4 rings (SSSR count). The van der Waals surface area contributed by atoms with Crippen LogP contribution in [0.15, 0.2) is 35.5 Å². The van der Waals surface area contributed by atoms with Gasteiger partial charge < -0.3 is 19.3 Å². The van der Waals surface area contributed by atoms with Crippen molar-refractivity contribution in [3.63, 3.8) is 0 Å². The molecule has 3 heterocycles. The Morgan fingerprint density at radius 3 is 2.53 bits per heavy atom. The molecule has 9 nitrogen and oxygen atoms in total. The summed E-state index contributed by atoms with van der Waals surface area (Å²) < 4.78 is 72.1. The summed E-state index contributed by atoms with van der Waals surface area (Å²) in [5, 5.41) is -0.507. The molecule has 2 aromatic rings. The van der Waals surface area contributed by atoms with Gasteiger partial charge in [-0.05, 0) is 44.0 Å². The van der Waals surface area contributed by atoms with Crippen LogP contribution in [0.5, 0.6) is 5.88 Å². The van der Waals surface area contributed by atoms with E-state index in [-0.39, 0.29) is 19.2 Å². The molecule has 1 fully saturated rings. The summed E-state index contributed by atoms with van der Waals surface area (Å²) in [4.78, 5) is 23.8. The van der Waals surface area contributed by atoms with E-state index in [1.54, 1.807) is 38.1 Å². The van der Waals surface area contributed by atoms with Gasteiger partial charge >= 0.3 is 12.3 Å². The summed E-state index contributed by atoms with van der Waals surface area (Å²) in [6, 6.07) is 6.81. The first-order chi connectivity index (χ1) is 16.9. The van der Waals surface area contributed by atoms with Gasteiger partial charge in [-0.25, -0.2) is 23.2 Å². The Morgan fingerprint density at radius 1 is 1.14 bits per heavy atom. The zero-order chi connectivity index (χ0) is 26.1. The number of nitrogens with zero attached hydrogens (tertiary/aromatic N) is 4. The number of benzene rings is 1. The molecule has 2 aliphatic heterocycles. The van der Waals surface area contributed by atoms with Gasteiger partial charge in [0, 0.05) is 44.2 Å². The minimum atomic E-state index is -4.56. The molecule has 1 aromatic carbocycles. The lowest BCUT2D eigenvalue weighted by Crippen LogP contribution is -2.42. The van der Waals surface area contributed by atoms with E-state index in [0.717, 1.165) is 11.3 Å². The number of sulfone groups is 1. The molecule has 1 aromatic heterocycles. The Balaban J connectivity index is 1.38. The second-order valence-electron chi connectivity index (χ2n) is 8.97. The fourth-order valence-corrected chi connectivity index (χ4v) is 5.28. The summed E-state index contributed by atoms with van der Waals surface area (Å²) in [7, 11) is -3.37. The van der Waals surface area contributed by atoms with Gasteiger partial charge in [-0.3, -0.25) is 0 Å². The first-order valence-electron chi connectivity index (χ1n) is 11.6. The van der Waals surface area contributed by atoms with Crippen molar-refractivity contribution < 1.29 is 35.9 Å². The minimum absolute atomic E-state index is 0.209. The zero-order valence-corrected chi connectivity index (χ0v) is 20.7. The van der Waals surface area contributed by atoms with E-state index < -0.39 is 34.0 Å². The number of ether oxygens (including phenoxy) is 2. The van der Waals surface area contributed by atoms with E-state index in [1.807, 2.05) is 4.90 Å². The number of fused-ring (bicyclic) bond motifs is 1. The van der Waals surface area contributed by atoms with Crippen LogP contribution in [0.3, 0.4) is 0 Å².